The molecule has 0 aliphatic heterocycles. The van der Waals surface area contributed by atoms with Crippen LogP contribution in [0.1, 0.15) is 21.5 Å². The van der Waals surface area contributed by atoms with Crippen molar-refractivity contribution < 1.29 is 9.90 Å². The number of phenolic OH excluding ortho intramolecular Hbond substituents is 1. The number of hydrogen-bond donors (Lipinski definition) is 1. The van der Waals surface area contributed by atoms with Crippen molar-refractivity contribution >= 4 is 5.91 Å². The molecule has 0 radical (unpaired) electrons. The van der Waals surface area contributed by atoms with Gasteiger partial charge in [-0.25, -0.2) is 0 Å². The molecule has 3 heteroatoms. The first-order chi connectivity index (χ1) is 9.58. The number of aryl methyl sites for hydroxylation is 1. The van der Waals surface area contributed by atoms with Gasteiger partial charge in [-0.15, -0.1) is 0 Å². The molecule has 0 saturated carbocycles. The Hall–Kier alpha value is -2.29. The summed E-state index contributed by atoms with van der Waals surface area (Å²) in [7, 11) is 1.78. The standard InChI is InChI=1S/C17H19NO2/c1-13-8-9-15(12-16(13)19)17(20)18(2)11-10-14-6-4-3-5-7-14/h3-9,12,19H,10-11H2,1-2H3. The van der Waals surface area contributed by atoms with E-state index in [1.54, 1.807) is 24.1 Å². The zero-order valence-corrected chi connectivity index (χ0v) is 11.8. The van der Waals surface area contributed by atoms with Gasteiger partial charge in [0.1, 0.15) is 5.75 Å². The SMILES string of the molecule is Cc1ccc(C(=O)N(C)CCc2ccccc2)cc1O. The van der Waals surface area contributed by atoms with E-state index in [4.69, 9.17) is 0 Å². The predicted octanol–water partition coefficient (Wildman–Crippen LogP) is 3.02. The molecule has 1 N–H and O–H groups in total. The molecule has 0 heterocycles. The molecule has 2 aromatic carbocycles. The van der Waals surface area contributed by atoms with Crippen molar-refractivity contribution in [3.8, 4) is 5.75 Å². The van der Waals surface area contributed by atoms with Gasteiger partial charge in [-0.05, 0) is 36.6 Å². The molecular weight excluding hydrogens is 250 g/mol. The maximum atomic E-state index is 12.2. The summed E-state index contributed by atoms with van der Waals surface area (Å²) in [6, 6.07) is 15.1. The van der Waals surface area contributed by atoms with E-state index in [-0.39, 0.29) is 11.7 Å². The molecule has 0 saturated heterocycles. The van der Waals surface area contributed by atoms with Crippen LogP contribution in [0.2, 0.25) is 0 Å². The Bertz CT molecular complexity index is 593. The van der Waals surface area contributed by atoms with E-state index in [0.29, 0.717) is 12.1 Å². The van der Waals surface area contributed by atoms with Gasteiger partial charge in [0, 0.05) is 19.2 Å². The predicted molar refractivity (Wildman–Crippen MR) is 80.0 cm³/mol. The van der Waals surface area contributed by atoms with E-state index < -0.39 is 0 Å². The number of carbonyl (C=O) groups is 1. The summed E-state index contributed by atoms with van der Waals surface area (Å²) in [5.41, 5.74) is 2.50. The van der Waals surface area contributed by atoms with Crippen LogP contribution in [0.3, 0.4) is 0 Å². The molecular formula is C17H19NO2. The summed E-state index contributed by atoms with van der Waals surface area (Å²) >= 11 is 0. The molecule has 0 aromatic heterocycles. The molecule has 0 atom stereocenters. The number of aromatic hydroxyl groups is 1. The van der Waals surface area contributed by atoms with Crippen LogP contribution in [0.5, 0.6) is 5.75 Å². The molecule has 3 nitrogen and oxygen atoms in total. The van der Waals surface area contributed by atoms with Gasteiger partial charge in [0.05, 0.1) is 0 Å². The van der Waals surface area contributed by atoms with Gasteiger partial charge in [0.25, 0.3) is 5.91 Å². The minimum atomic E-state index is -0.0729. The van der Waals surface area contributed by atoms with Crippen molar-refractivity contribution in [3.63, 3.8) is 0 Å². The molecule has 0 fully saturated rings. The van der Waals surface area contributed by atoms with Crippen molar-refractivity contribution in [2.75, 3.05) is 13.6 Å². The van der Waals surface area contributed by atoms with Gasteiger partial charge in [0.15, 0.2) is 0 Å². The van der Waals surface area contributed by atoms with Gasteiger partial charge in [-0.2, -0.15) is 0 Å². The van der Waals surface area contributed by atoms with Crippen molar-refractivity contribution in [3.05, 3.63) is 65.2 Å². The second kappa shape index (κ2) is 6.24. The second-order valence-corrected chi connectivity index (χ2v) is 4.96. The van der Waals surface area contributed by atoms with Gasteiger partial charge in [-0.3, -0.25) is 4.79 Å². The summed E-state index contributed by atoms with van der Waals surface area (Å²) < 4.78 is 0. The van der Waals surface area contributed by atoms with E-state index in [0.717, 1.165) is 12.0 Å². The first-order valence-electron chi connectivity index (χ1n) is 6.67. The highest BCUT2D eigenvalue weighted by molar-refractivity contribution is 5.94. The molecule has 0 aliphatic carbocycles. The molecule has 2 rings (SSSR count). The van der Waals surface area contributed by atoms with Crippen LogP contribution in [0, 0.1) is 6.92 Å². The van der Waals surface area contributed by atoms with Crippen molar-refractivity contribution in [2.24, 2.45) is 0 Å². The average Bonchev–Trinajstić information content (AvgIpc) is 2.48. The lowest BCUT2D eigenvalue weighted by Crippen LogP contribution is -2.28. The largest absolute Gasteiger partial charge is 0.508 e. The minimum Gasteiger partial charge on any atom is -0.508 e. The Morgan fingerprint density at radius 3 is 2.50 bits per heavy atom. The van der Waals surface area contributed by atoms with E-state index in [9.17, 15) is 9.90 Å². The number of amides is 1. The highest BCUT2D eigenvalue weighted by Crippen LogP contribution is 2.18. The third kappa shape index (κ3) is 3.38. The molecule has 0 spiro atoms. The Morgan fingerprint density at radius 2 is 1.85 bits per heavy atom. The molecule has 104 valence electrons. The summed E-state index contributed by atoms with van der Waals surface area (Å²) in [4.78, 5) is 13.9. The molecule has 2 aromatic rings. The van der Waals surface area contributed by atoms with Crippen LogP contribution in [0.25, 0.3) is 0 Å². The van der Waals surface area contributed by atoms with Gasteiger partial charge in [0.2, 0.25) is 0 Å². The minimum absolute atomic E-state index is 0.0729. The van der Waals surface area contributed by atoms with E-state index in [1.807, 2.05) is 25.1 Å². The Labute approximate surface area is 119 Å². The van der Waals surface area contributed by atoms with Crippen molar-refractivity contribution in [2.45, 2.75) is 13.3 Å². The lowest BCUT2D eigenvalue weighted by Gasteiger charge is -2.17. The van der Waals surface area contributed by atoms with Crippen molar-refractivity contribution in [1.82, 2.24) is 4.90 Å². The molecule has 1 amide bonds. The number of carbonyl (C=O) groups excluding carboxylic acids is 1. The monoisotopic (exact) mass is 269 g/mol. The summed E-state index contributed by atoms with van der Waals surface area (Å²) in [6.07, 6.45) is 0.820. The Kier molecular flexibility index (Phi) is 4.41. The molecule has 20 heavy (non-hydrogen) atoms. The van der Waals surface area contributed by atoms with E-state index >= 15 is 0 Å². The number of nitrogens with zero attached hydrogens (tertiary/aromatic N) is 1. The number of likely N-dealkylation sites (N-methyl/N-ethyl adjacent to an activating group) is 1. The zero-order chi connectivity index (χ0) is 14.5. The first kappa shape index (κ1) is 14.1. The van der Waals surface area contributed by atoms with E-state index in [1.165, 1.54) is 11.6 Å². The van der Waals surface area contributed by atoms with Gasteiger partial charge in [-0.1, -0.05) is 36.4 Å². The highest BCUT2D eigenvalue weighted by atomic mass is 16.3. The molecule has 0 aliphatic rings. The Balaban J connectivity index is 1.99. The molecule has 0 unspecified atom stereocenters. The highest BCUT2D eigenvalue weighted by Gasteiger charge is 2.12. The van der Waals surface area contributed by atoms with Crippen LogP contribution in [-0.4, -0.2) is 29.5 Å². The zero-order valence-electron chi connectivity index (χ0n) is 11.8. The maximum Gasteiger partial charge on any atom is 0.253 e. The average molecular weight is 269 g/mol. The van der Waals surface area contributed by atoms with Crippen LogP contribution >= 0.6 is 0 Å². The van der Waals surface area contributed by atoms with E-state index in [2.05, 4.69) is 12.1 Å². The van der Waals surface area contributed by atoms with Crippen molar-refractivity contribution in [1.29, 1.82) is 0 Å². The van der Waals surface area contributed by atoms with Crippen LogP contribution in [0.4, 0.5) is 0 Å². The number of rotatable bonds is 4. The summed E-state index contributed by atoms with van der Waals surface area (Å²) in [5.74, 6) is 0.0866. The van der Waals surface area contributed by atoms with Crippen LogP contribution in [0.15, 0.2) is 48.5 Å². The normalized spacial score (nSPS) is 10.3. The number of benzene rings is 2. The Morgan fingerprint density at radius 1 is 1.15 bits per heavy atom. The van der Waals surface area contributed by atoms with Gasteiger partial charge >= 0.3 is 0 Å². The molecule has 0 bridgehead atoms. The number of hydrogen-bond acceptors (Lipinski definition) is 2. The van der Waals surface area contributed by atoms with Gasteiger partial charge < -0.3 is 10.0 Å². The summed E-state index contributed by atoms with van der Waals surface area (Å²) in [6.45, 7) is 2.46. The summed E-state index contributed by atoms with van der Waals surface area (Å²) in [5, 5.41) is 9.67. The topological polar surface area (TPSA) is 40.5 Å². The smallest absolute Gasteiger partial charge is 0.253 e. The second-order valence-electron chi connectivity index (χ2n) is 4.96. The first-order valence-corrected chi connectivity index (χ1v) is 6.67. The lowest BCUT2D eigenvalue weighted by atomic mass is 10.1. The quantitative estimate of drug-likeness (QED) is 0.927. The maximum absolute atomic E-state index is 12.2. The van der Waals surface area contributed by atoms with Crippen LogP contribution < -0.4 is 0 Å². The van der Waals surface area contributed by atoms with Crippen LogP contribution in [-0.2, 0) is 6.42 Å². The third-order valence-electron chi connectivity index (χ3n) is 3.38. The third-order valence-corrected chi connectivity index (χ3v) is 3.38. The fourth-order valence-electron chi connectivity index (χ4n) is 2.01. The fourth-order valence-corrected chi connectivity index (χ4v) is 2.01. The lowest BCUT2D eigenvalue weighted by molar-refractivity contribution is 0.0796. The number of phenols is 1. The fraction of sp³-hybridized carbons (Fsp3) is 0.235.